The molecule has 0 spiro atoms. The number of nitrogens with one attached hydrogen (secondary N) is 1. The summed E-state index contributed by atoms with van der Waals surface area (Å²) in [6, 6.07) is 11.6. The number of esters is 1. The van der Waals surface area contributed by atoms with E-state index < -0.39 is 23.8 Å². The van der Waals surface area contributed by atoms with Crippen LogP contribution in [0.25, 0.3) is 6.08 Å². The number of rotatable bonds is 7. The van der Waals surface area contributed by atoms with Gasteiger partial charge in [-0.3, -0.25) is 4.79 Å². The third kappa shape index (κ3) is 5.95. The van der Waals surface area contributed by atoms with Gasteiger partial charge in [-0.2, -0.15) is 0 Å². The molecule has 6 heteroatoms. The van der Waals surface area contributed by atoms with Crippen LogP contribution in [0.2, 0.25) is 0 Å². The number of carbonyl (C=O) groups is 2. The maximum Gasteiger partial charge on any atom is 0.331 e. The number of halogens is 1. The largest absolute Gasteiger partial charge is 0.493 e. The number of ether oxygens (including phenoxy) is 2. The number of benzene rings is 2. The molecule has 0 radical (unpaired) electrons. The first-order valence-corrected chi connectivity index (χ1v) is 8.58. The summed E-state index contributed by atoms with van der Waals surface area (Å²) < 4.78 is 24.1. The van der Waals surface area contributed by atoms with Crippen molar-refractivity contribution in [3.8, 4) is 5.75 Å². The molecule has 0 bridgehead atoms. The van der Waals surface area contributed by atoms with E-state index in [0.29, 0.717) is 23.6 Å². The lowest BCUT2D eigenvalue weighted by molar-refractivity contribution is -0.148. The molecule has 0 aromatic heterocycles. The van der Waals surface area contributed by atoms with Crippen LogP contribution in [0, 0.1) is 12.7 Å². The Morgan fingerprint density at radius 3 is 2.67 bits per heavy atom. The minimum absolute atomic E-state index is 0.298. The molecule has 27 heavy (non-hydrogen) atoms. The molecule has 0 heterocycles. The molecule has 1 atom stereocenters. The highest BCUT2D eigenvalue weighted by Crippen LogP contribution is 2.19. The van der Waals surface area contributed by atoms with Gasteiger partial charge in [-0.25, -0.2) is 9.18 Å². The number of carbonyl (C=O) groups excluding carboxylic acids is 2. The molecule has 0 fully saturated rings. The third-order valence-electron chi connectivity index (χ3n) is 3.72. The first-order chi connectivity index (χ1) is 12.9. The van der Waals surface area contributed by atoms with E-state index in [-0.39, 0.29) is 0 Å². The van der Waals surface area contributed by atoms with Crippen LogP contribution < -0.4 is 10.1 Å². The van der Waals surface area contributed by atoms with Crippen LogP contribution in [0.4, 0.5) is 10.1 Å². The highest BCUT2D eigenvalue weighted by molar-refractivity contribution is 5.96. The van der Waals surface area contributed by atoms with Crippen molar-refractivity contribution < 1.29 is 23.5 Å². The SMILES string of the molecule is CCOc1ccccc1/C=C/C(=O)O[C@@H](C)C(=O)Nc1ccc(C)c(F)c1. The van der Waals surface area contributed by atoms with Crippen molar-refractivity contribution in [1.82, 2.24) is 0 Å². The molecule has 2 aromatic carbocycles. The number of hydrogen-bond acceptors (Lipinski definition) is 4. The maximum atomic E-state index is 13.5. The summed E-state index contributed by atoms with van der Waals surface area (Å²) >= 11 is 0. The van der Waals surface area contributed by atoms with E-state index in [2.05, 4.69) is 5.32 Å². The van der Waals surface area contributed by atoms with Gasteiger partial charge in [0, 0.05) is 17.3 Å². The fourth-order valence-electron chi connectivity index (χ4n) is 2.24. The van der Waals surface area contributed by atoms with Gasteiger partial charge in [-0.15, -0.1) is 0 Å². The van der Waals surface area contributed by atoms with Crippen LogP contribution in [0.15, 0.2) is 48.5 Å². The second kappa shape index (κ2) is 9.52. The molecule has 2 rings (SSSR count). The van der Waals surface area contributed by atoms with Crippen molar-refractivity contribution in [2.75, 3.05) is 11.9 Å². The van der Waals surface area contributed by atoms with E-state index >= 15 is 0 Å². The Balaban J connectivity index is 1.94. The summed E-state index contributed by atoms with van der Waals surface area (Å²) in [4.78, 5) is 24.1. The summed E-state index contributed by atoms with van der Waals surface area (Å²) in [6.07, 6.45) is 1.76. The lowest BCUT2D eigenvalue weighted by Gasteiger charge is -2.13. The van der Waals surface area contributed by atoms with Gasteiger partial charge in [0.25, 0.3) is 5.91 Å². The van der Waals surface area contributed by atoms with Crippen LogP contribution in [0.3, 0.4) is 0 Å². The summed E-state index contributed by atoms with van der Waals surface area (Å²) in [5, 5.41) is 2.51. The van der Waals surface area contributed by atoms with E-state index in [1.165, 1.54) is 19.1 Å². The summed E-state index contributed by atoms with van der Waals surface area (Å²) in [7, 11) is 0. The van der Waals surface area contributed by atoms with Crippen molar-refractivity contribution >= 4 is 23.6 Å². The Morgan fingerprint density at radius 1 is 1.22 bits per heavy atom. The molecule has 0 aliphatic rings. The molecular weight excluding hydrogens is 349 g/mol. The van der Waals surface area contributed by atoms with Crippen molar-refractivity contribution in [3.63, 3.8) is 0 Å². The van der Waals surface area contributed by atoms with E-state index in [0.717, 1.165) is 5.56 Å². The van der Waals surface area contributed by atoms with Crippen molar-refractivity contribution in [1.29, 1.82) is 0 Å². The predicted molar refractivity (Wildman–Crippen MR) is 102 cm³/mol. The van der Waals surface area contributed by atoms with Gasteiger partial charge in [0.1, 0.15) is 11.6 Å². The van der Waals surface area contributed by atoms with E-state index in [1.807, 2.05) is 19.1 Å². The second-order valence-electron chi connectivity index (χ2n) is 5.84. The summed E-state index contributed by atoms with van der Waals surface area (Å²) in [5.74, 6) is -0.988. The Morgan fingerprint density at radius 2 is 1.96 bits per heavy atom. The molecule has 1 N–H and O–H groups in total. The lowest BCUT2D eigenvalue weighted by Crippen LogP contribution is -2.29. The van der Waals surface area contributed by atoms with Crippen molar-refractivity contribution in [2.24, 2.45) is 0 Å². The topological polar surface area (TPSA) is 64.6 Å². The number of amides is 1. The summed E-state index contributed by atoms with van der Waals surface area (Å²) in [5.41, 5.74) is 1.50. The van der Waals surface area contributed by atoms with E-state index in [1.54, 1.807) is 37.3 Å². The van der Waals surface area contributed by atoms with Crippen molar-refractivity contribution in [3.05, 3.63) is 65.5 Å². The second-order valence-corrected chi connectivity index (χ2v) is 5.84. The molecule has 0 saturated heterocycles. The zero-order valence-corrected chi connectivity index (χ0v) is 15.5. The molecule has 0 saturated carbocycles. The quantitative estimate of drug-likeness (QED) is 0.587. The smallest absolute Gasteiger partial charge is 0.331 e. The monoisotopic (exact) mass is 371 g/mol. The molecule has 0 aliphatic carbocycles. The molecule has 1 amide bonds. The molecule has 0 unspecified atom stereocenters. The number of hydrogen-bond donors (Lipinski definition) is 1. The standard InChI is InChI=1S/C21H22FNO4/c1-4-26-19-8-6-5-7-16(19)10-12-20(24)27-15(3)21(25)23-17-11-9-14(2)18(22)13-17/h5-13,15H,4H2,1-3H3,(H,23,25)/b12-10+/t15-/m0/s1. The van der Waals surface area contributed by atoms with Gasteiger partial charge in [0.2, 0.25) is 0 Å². The van der Waals surface area contributed by atoms with Gasteiger partial charge in [0.15, 0.2) is 6.10 Å². The summed E-state index contributed by atoms with van der Waals surface area (Å²) in [6.45, 7) is 5.45. The number of para-hydroxylation sites is 1. The zero-order valence-electron chi connectivity index (χ0n) is 15.5. The number of aryl methyl sites for hydroxylation is 1. The fourth-order valence-corrected chi connectivity index (χ4v) is 2.24. The maximum absolute atomic E-state index is 13.5. The fraction of sp³-hybridized carbons (Fsp3) is 0.238. The molecule has 2 aromatic rings. The number of anilines is 1. The predicted octanol–water partition coefficient (Wildman–Crippen LogP) is 4.12. The molecule has 0 aliphatic heterocycles. The van der Waals surface area contributed by atoms with Gasteiger partial charge in [0.05, 0.1) is 6.61 Å². The van der Waals surface area contributed by atoms with Gasteiger partial charge in [-0.1, -0.05) is 24.3 Å². The first kappa shape index (κ1) is 20.2. The minimum atomic E-state index is -1.03. The highest BCUT2D eigenvalue weighted by Gasteiger charge is 2.17. The van der Waals surface area contributed by atoms with Crippen LogP contribution in [0.5, 0.6) is 5.75 Å². The third-order valence-corrected chi connectivity index (χ3v) is 3.72. The Bertz CT molecular complexity index is 848. The Hall–Kier alpha value is -3.15. The van der Waals surface area contributed by atoms with Gasteiger partial charge < -0.3 is 14.8 Å². The first-order valence-electron chi connectivity index (χ1n) is 8.58. The van der Waals surface area contributed by atoms with E-state index in [4.69, 9.17) is 9.47 Å². The average Bonchev–Trinajstić information content (AvgIpc) is 2.64. The van der Waals surface area contributed by atoms with E-state index in [9.17, 15) is 14.0 Å². The lowest BCUT2D eigenvalue weighted by atomic mass is 10.2. The zero-order chi connectivity index (χ0) is 19.8. The van der Waals surface area contributed by atoms with Crippen molar-refractivity contribution in [2.45, 2.75) is 26.9 Å². The molecule has 142 valence electrons. The molecular formula is C21H22FNO4. The average molecular weight is 371 g/mol. The normalized spacial score (nSPS) is 11.9. The van der Waals surface area contributed by atoms with Gasteiger partial charge >= 0.3 is 5.97 Å². The molecule has 5 nitrogen and oxygen atoms in total. The van der Waals surface area contributed by atoms with Crippen LogP contribution in [-0.4, -0.2) is 24.6 Å². The Labute approximate surface area is 157 Å². The van der Waals surface area contributed by atoms with Crippen LogP contribution in [0.1, 0.15) is 25.0 Å². The highest BCUT2D eigenvalue weighted by atomic mass is 19.1. The van der Waals surface area contributed by atoms with Crippen LogP contribution >= 0.6 is 0 Å². The van der Waals surface area contributed by atoms with Gasteiger partial charge in [-0.05, 0) is 50.6 Å². The minimum Gasteiger partial charge on any atom is -0.493 e. The Kier molecular flexibility index (Phi) is 7.11. The van der Waals surface area contributed by atoms with Crippen LogP contribution in [-0.2, 0) is 14.3 Å².